The number of aryl methyl sites for hydroxylation is 3. The lowest BCUT2D eigenvalue weighted by atomic mass is 10.00. The molecular formula is C57H50N4. The van der Waals surface area contributed by atoms with E-state index >= 15 is 0 Å². The van der Waals surface area contributed by atoms with Crippen LogP contribution in [-0.4, -0.2) is 9.13 Å². The quantitative estimate of drug-likeness (QED) is 0.152. The Morgan fingerprint density at radius 1 is 0.426 bits per heavy atom. The standard InChI is InChI=1S/C57H50N4/c1-39-17-23-43(24-18-39)58(42-11-5-4-6-12-42)48-33-35-52-50-13-7-9-15-54(50)60(56(52)37-48)46-29-31-47(32-30-46)61-55-16-10-8-14-51(55)53-36-34-49(38-57(53)61)59(44-25-19-40(2)20-26-44)45-27-21-41(3)22-28-45/h4-7,9-13,15-21,23-27,29,31,33-38H,8,14,22,28,30,32H2,1-3H3. The molecule has 2 aromatic heterocycles. The van der Waals surface area contributed by atoms with Crippen LogP contribution in [0.3, 0.4) is 0 Å². The highest BCUT2D eigenvalue weighted by Gasteiger charge is 2.25. The van der Waals surface area contributed by atoms with Gasteiger partial charge < -0.3 is 18.9 Å². The zero-order valence-electron chi connectivity index (χ0n) is 35.3. The van der Waals surface area contributed by atoms with E-state index in [2.05, 4.69) is 216 Å². The normalized spacial score (nSPS) is 15.1. The monoisotopic (exact) mass is 790 g/mol. The molecule has 0 saturated carbocycles. The maximum absolute atomic E-state index is 2.58. The van der Waals surface area contributed by atoms with Gasteiger partial charge in [-0.3, -0.25) is 0 Å². The van der Waals surface area contributed by atoms with Gasteiger partial charge in [0.05, 0.1) is 16.6 Å². The van der Waals surface area contributed by atoms with Gasteiger partial charge in [-0.25, -0.2) is 0 Å². The Labute approximate surface area is 359 Å². The number of anilines is 5. The molecule has 8 aromatic rings. The molecule has 4 nitrogen and oxygen atoms in total. The first kappa shape index (κ1) is 37.0. The molecular weight excluding hydrogens is 741 g/mol. The van der Waals surface area contributed by atoms with E-state index in [4.69, 9.17) is 0 Å². The topological polar surface area (TPSA) is 16.3 Å². The van der Waals surface area contributed by atoms with Crippen molar-refractivity contribution < 1.29 is 0 Å². The SMILES string of the molecule is CC1=CC=C(N(c2ccc(C)cc2)c2ccc3c4c(n(C5=CC=C(n6c7ccccc7c7ccc(N(c8ccccc8)c8ccc(C)cc8)cc76)CC5)c3c2)C=CCC4)CC1. The molecule has 0 fully saturated rings. The highest BCUT2D eigenvalue weighted by molar-refractivity contribution is 6.11. The summed E-state index contributed by atoms with van der Waals surface area (Å²) in [7, 11) is 0. The van der Waals surface area contributed by atoms with E-state index in [0.29, 0.717) is 0 Å². The van der Waals surface area contributed by atoms with Gasteiger partial charge in [0, 0.05) is 67.4 Å². The average molecular weight is 791 g/mol. The lowest BCUT2D eigenvalue weighted by Gasteiger charge is -2.30. The first-order chi connectivity index (χ1) is 30.0. The molecule has 0 radical (unpaired) electrons. The number of fused-ring (bicyclic) bond motifs is 6. The van der Waals surface area contributed by atoms with Gasteiger partial charge in [-0.1, -0.05) is 102 Å². The second-order valence-electron chi connectivity index (χ2n) is 17.1. The Balaban J connectivity index is 1.05. The number of hydrogen-bond acceptors (Lipinski definition) is 2. The van der Waals surface area contributed by atoms with Crippen molar-refractivity contribution >= 4 is 78.6 Å². The number of rotatable bonds is 8. The minimum atomic E-state index is 0.927. The summed E-state index contributed by atoms with van der Waals surface area (Å²) in [6.07, 6.45) is 20.2. The van der Waals surface area contributed by atoms with Crippen molar-refractivity contribution in [3.05, 3.63) is 204 Å². The molecule has 3 aliphatic rings. The molecule has 3 aliphatic carbocycles. The molecule has 4 heteroatoms. The molecule has 2 heterocycles. The second kappa shape index (κ2) is 15.2. The summed E-state index contributed by atoms with van der Waals surface area (Å²) < 4.78 is 5.10. The second-order valence-corrected chi connectivity index (χ2v) is 17.1. The third-order valence-corrected chi connectivity index (χ3v) is 13.0. The van der Waals surface area contributed by atoms with Crippen LogP contribution in [0, 0.1) is 13.8 Å². The molecule has 0 atom stereocenters. The summed E-state index contributed by atoms with van der Waals surface area (Å²) in [5, 5.41) is 3.91. The van der Waals surface area contributed by atoms with Gasteiger partial charge in [-0.15, -0.1) is 0 Å². The fraction of sp³-hybridized carbons (Fsp3) is 0.158. The van der Waals surface area contributed by atoms with Crippen LogP contribution < -0.4 is 9.80 Å². The Kier molecular flexibility index (Phi) is 9.22. The zero-order chi connectivity index (χ0) is 41.0. The Morgan fingerprint density at radius 2 is 1.00 bits per heavy atom. The number of allylic oxidation sites excluding steroid dienone is 9. The van der Waals surface area contributed by atoms with E-state index < -0.39 is 0 Å². The van der Waals surface area contributed by atoms with Gasteiger partial charge in [-0.2, -0.15) is 0 Å². The van der Waals surface area contributed by atoms with E-state index in [1.165, 1.54) is 89.1 Å². The van der Waals surface area contributed by atoms with Crippen molar-refractivity contribution in [3.63, 3.8) is 0 Å². The molecule has 6 aromatic carbocycles. The van der Waals surface area contributed by atoms with Crippen LogP contribution in [0.25, 0.3) is 50.2 Å². The van der Waals surface area contributed by atoms with Gasteiger partial charge in [0.15, 0.2) is 0 Å². The molecule has 11 rings (SSSR count). The lowest BCUT2D eigenvalue weighted by molar-refractivity contribution is 0.874. The van der Waals surface area contributed by atoms with E-state index in [0.717, 1.165) is 55.6 Å². The van der Waals surface area contributed by atoms with E-state index in [1.807, 2.05) is 0 Å². The summed E-state index contributed by atoms with van der Waals surface area (Å²) in [6, 6.07) is 51.7. The molecule has 0 unspecified atom stereocenters. The number of hydrogen-bond donors (Lipinski definition) is 0. The van der Waals surface area contributed by atoms with Gasteiger partial charge in [0.1, 0.15) is 0 Å². The minimum Gasteiger partial charge on any atom is -0.314 e. The predicted octanol–water partition coefficient (Wildman–Crippen LogP) is 15.7. The summed E-state index contributed by atoms with van der Waals surface area (Å²) in [4.78, 5) is 4.86. The first-order valence-corrected chi connectivity index (χ1v) is 21.9. The predicted molar refractivity (Wildman–Crippen MR) is 260 cm³/mol. The first-order valence-electron chi connectivity index (χ1n) is 21.9. The number of nitrogens with zero attached hydrogens (tertiary/aromatic N) is 4. The maximum atomic E-state index is 2.58. The zero-order valence-corrected chi connectivity index (χ0v) is 35.3. The lowest BCUT2D eigenvalue weighted by Crippen LogP contribution is -2.18. The fourth-order valence-corrected chi connectivity index (χ4v) is 9.88. The molecule has 0 bridgehead atoms. The highest BCUT2D eigenvalue weighted by Crippen LogP contribution is 2.44. The van der Waals surface area contributed by atoms with Crippen LogP contribution in [0.2, 0.25) is 0 Å². The van der Waals surface area contributed by atoms with Crippen molar-refractivity contribution in [2.75, 3.05) is 9.80 Å². The van der Waals surface area contributed by atoms with Crippen LogP contribution in [0.15, 0.2) is 181 Å². The van der Waals surface area contributed by atoms with Crippen molar-refractivity contribution in [2.45, 2.75) is 59.3 Å². The molecule has 0 aliphatic heterocycles. The highest BCUT2D eigenvalue weighted by atomic mass is 15.2. The van der Waals surface area contributed by atoms with E-state index in [9.17, 15) is 0 Å². The number of para-hydroxylation sites is 2. The fourth-order valence-electron chi connectivity index (χ4n) is 9.88. The van der Waals surface area contributed by atoms with Crippen LogP contribution in [-0.2, 0) is 6.42 Å². The summed E-state index contributed by atoms with van der Waals surface area (Å²) >= 11 is 0. The Morgan fingerprint density at radius 3 is 1.69 bits per heavy atom. The Bertz CT molecular complexity index is 3150. The molecule has 0 saturated heterocycles. The van der Waals surface area contributed by atoms with E-state index in [-0.39, 0.29) is 0 Å². The van der Waals surface area contributed by atoms with Crippen LogP contribution in [0.1, 0.15) is 61.4 Å². The van der Waals surface area contributed by atoms with Gasteiger partial charge >= 0.3 is 0 Å². The van der Waals surface area contributed by atoms with Crippen LogP contribution >= 0.6 is 0 Å². The minimum absolute atomic E-state index is 0.927. The van der Waals surface area contributed by atoms with E-state index in [1.54, 1.807) is 0 Å². The van der Waals surface area contributed by atoms with Crippen LogP contribution in [0.5, 0.6) is 0 Å². The number of aromatic nitrogens is 2. The van der Waals surface area contributed by atoms with Gasteiger partial charge in [0.25, 0.3) is 0 Å². The summed E-state index contributed by atoms with van der Waals surface area (Å²) in [5.41, 5.74) is 20.3. The molecule has 0 spiro atoms. The molecule has 298 valence electrons. The summed E-state index contributed by atoms with van der Waals surface area (Å²) in [5.74, 6) is 0. The van der Waals surface area contributed by atoms with Crippen molar-refractivity contribution in [1.29, 1.82) is 0 Å². The molecule has 0 N–H and O–H groups in total. The van der Waals surface area contributed by atoms with Crippen molar-refractivity contribution in [3.8, 4) is 0 Å². The Hall–Kier alpha value is -7.04. The third-order valence-electron chi connectivity index (χ3n) is 13.0. The van der Waals surface area contributed by atoms with Crippen LogP contribution in [0.4, 0.5) is 28.4 Å². The van der Waals surface area contributed by atoms with Crippen molar-refractivity contribution in [1.82, 2.24) is 9.13 Å². The largest absolute Gasteiger partial charge is 0.314 e. The number of benzene rings is 6. The van der Waals surface area contributed by atoms with Crippen molar-refractivity contribution in [2.24, 2.45) is 0 Å². The smallest absolute Gasteiger partial charge is 0.0558 e. The maximum Gasteiger partial charge on any atom is 0.0558 e. The third kappa shape index (κ3) is 6.55. The summed E-state index contributed by atoms with van der Waals surface area (Å²) in [6.45, 7) is 6.55. The molecule has 0 amide bonds. The average Bonchev–Trinajstić information content (AvgIpc) is 3.81. The van der Waals surface area contributed by atoms with Gasteiger partial charge in [0.2, 0.25) is 0 Å². The van der Waals surface area contributed by atoms with Gasteiger partial charge in [-0.05, 0) is 156 Å². The molecule has 61 heavy (non-hydrogen) atoms.